The number of sulfonamides is 1. The molecule has 1 saturated heterocycles. The van der Waals surface area contributed by atoms with Crippen molar-refractivity contribution < 1.29 is 22.7 Å². The zero-order chi connectivity index (χ0) is 22.6. The number of ether oxygens (including phenoxy) is 2. The van der Waals surface area contributed by atoms with Crippen LogP contribution in [0.3, 0.4) is 0 Å². The number of carbonyl (C=O) groups is 1. The summed E-state index contributed by atoms with van der Waals surface area (Å²) in [7, 11) is -2.08. The minimum atomic E-state index is -3.61. The van der Waals surface area contributed by atoms with Gasteiger partial charge < -0.3 is 14.4 Å². The van der Waals surface area contributed by atoms with Gasteiger partial charge in [0.2, 0.25) is 10.0 Å². The minimum absolute atomic E-state index is 0.127. The Hall–Kier alpha value is -3.36. The van der Waals surface area contributed by atoms with Crippen molar-refractivity contribution in [2.75, 3.05) is 33.3 Å². The number of nitrogens with zero attached hydrogens (tertiary/aromatic N) is 2. The third-order valence-electron chi connectivity index (χ3n) is 5.30. The Bertz CT molecular complexity index is 1160. The molecule has 0 unspecified atom stereocenters. The number of rotatable bonds is 6. The largest absolute Gasteiger partial charge is 0.497 e. The SMILES string of the molecule is COc1ccc(S(=O)(=O)N2CCN(C(=O)c3ccc(Oc4ccccc4)cc3)CC2)cc1. The molecule has 1 aliphatic rings. The minimum Gasteiger partial charge on any atom is -0.497 e. The molecule has 0 bridgehead atoms. The molecule has 3 aromatic rings. The molecule has 7 nitrogen and oxygen atoms in total. The Morgan fingerprint density at radius 2 is 1.31 bits per heavy atom. The molecule has 0 N–H and O–H groups in total. The van der Waals surface area contributed by atoms with Gasteiger partial charge in [0.15, 0.2) is 0 Å². The third-order valence-corrected chi connectivity index (χ3v) is 7.22. The van der Waals surface area contributed by atoms with Crippen molar-refractivity contribution in [2.45, 2.75) is 4.90 Å². The van der Waals surface area contributed by atoms with Crippen molar-refractivity contribution in [2.24, 2.45) is 0 Å². The lowest BCUT2D eigenvalue weighted by molar-refractivity contribution is 0.0698. The molecular weight excluding hydrogens is 428 g/mol. The van der Waals surface area contributed by atoms with Crippen molar-refractivity contribution in [3.63, 3.8) is 0 Å². The Balaban J connectivity index is 1.36. The van der Waals surface area contributed by atoms with Gasteiger partial charge in [-0.1, -0.05) is 18.2 Å². The third kappa shape index (κ3) is 4.76. The number of amides is 1. The summed E-state index contributed by atoms with van der Waals surface area (Å²) in [6.07, 6.45) is 0. The first-order valence-electron chi connectivity index (χ1n) is 10.2. The number of methoxy groups -OCH3 is 1. The monoisotopic (exact) mass is 452 g/mol. The summed E-state index contributed by atoms with van der Waals surface area (Å²) in [5, 5.41) is 0. The number of hydrogen-bond donors (Lipinski definition) is 0. The van der Waals surface area contributed by atoms with Gasteiger partial charge in [-0.05, 0) is 60.7 Å². The van der Waals surface area contributed by atoms with Crippen LogP contribution in [-0.4, -0.2) is 56.8 Å². The van der Waals surface area contributed by atoms with Crippen LogP contribution in [0.1, 0.15) is 10.4 Å². The molecule has 1 amide bonds. The van der Waals surface area contributed by atoms with E-state index in [1.165, 1.54) is 23.5 Å². The van der Waals surface area contributed by atoms with Crippen LogP contribution < -0.4 is 9.47 Å². The van der Waals surface area contributed by atoms with E-state index >= 15 is 0 Å². The van der Waals surface area contributed by atoms with E-state index in [1.54, 1.807) is 41.3 Å². The van der Waals surface area contributed by atoms with Gasteiger partial charge in [-0.15, -0.1) is 0 Å². The smallest absolute Gasteiger partial charge is 0.253 e. The molecule has 0 atom stereocenters. The van der Waals surface area contributed by atoms with E-state index in [1.807, 2.05) is 30.3 Å². The molecule has 3 aromatic carbocycles. The second kappa shape index (κ2) is 9.42. The molecule has 0 saturated carbocycles. The number of piperazine rings is 1. The fraction of sp³-hybridized carbons (Fsp3) is 0.208. The highest BCUT2D eigenvalue weighted by Gasteiger charge is 2.30. The fourth-order valence-corrected chi connectivity index (χ4v) is 4.92. The molecule has 1 fully saturated rings. The molecule has 1 aliphatic heterocycles. The topological polar surface area (TPSA) is 76.2 Å². The van der Waals surface area contributed by atoms with Crippen LogP contribution in [0, 0.1) is 0 Å². The lowest BCUT2D eigenvalue weighted by atomic mass is 10.2. The zero-order valence-electron chi connectivity index (χ0n) is 17.7. The van der Waals surface area contributed by atoms with Crippen LogP contribution in [0.15, 0.2) is 83.8 Å². The Labute approximate surface area is 187 Å². The molecule has 32 heavy (non-hydrogen) atoms. The molecule has 8 heteroatoms. The average Bonchev–Trinajstić information content (AvgIpc) is 2.85. The zero-order valence-corrected chi connectivity index (χ0v) is 18.5. The van der Waals surface area contributed by atoms with E-state index in [9.17, 15) is 13.2 Å². The highest BCUT2D eigenvalue weighted by molar-refractivity contribution is 7.89. The second-order valence-electron chi connectivity index (χ2n) is 7.31. The number of carbonyl (C=O) groups excluding carboxylic acids is 1. The standard InChI is InChI=1S/C24H24N2O5S/c1-30-20-11-13-23(14-12-20)32(28,29)26-17-15-25(16-18-26)24(27)19-7-9-22(10-8-19)31-21-5-3-2-4-6-21/h2-14H,15-18H2,1H3. The summed E-state index contributed by atoms with van der Waals surface area (Å²) in [6, 6.07) is 22.7. The first-order chi connectivity index (χ1) is 15.5. The van der Waals surface area contributed by atoms with Crippen molar-refractivity contribution in [1.82, 2.24) is 9.21 Å². The average molecular weight is 453 g/mol. The van der Waals surface area contributed by atoms with Gasteiger partial charge >= 0.3 is 0 Å². The van der Waals surface area contributed by atoms with E-state index in [2.05, 4.69) is 0 Å². The highest BCUT2D eigenvalue weighted by Crippen LogP contribution is 2.23. The summed E-state index contributed by atoms with van der Waals surface area (Å²) in [6.45, 7) is 1.15. The molecule has 0 radical (unpaired) electrons. The van der Waals surface area contributed by atoms with Gasteiger partial charge in [-0.3, -0.25) is 4.79 Å². The number of para-hydroxylation sites is 1. The Kier molecular flexibility index (Phi) is 6.43. The van der Waals surface area contributed by atoms with Crippen LogP contribution in [0.4, 0.5) is 0 Å². The van der Waals surface area contributed by atoms with Crippen molar-refractivity contribution in [3.8, 4) is 17.2 Å². The van der Waals surface area contributed by atoms with Crippen molar-refractivity contribution >= 4 is 15.9 Å². The predicted molar refractivity (Wildman–Crippen MR) is 121 cm³/mol. The van der Waals surface area contributed by atoms with Gasteiger partial charge in [-0.25, -0.2) is 8.42 Å². The maximum atomic E-state index is 12.9. The maximum absolute atomic E-state index is 12.9. The van der Waals surface area contributed by atoms with Crippen LogP contribution in [0.2, 0.25) is 0 Å². The summed E-state index contributed by atoms with van der Waals surface area (Å²) >= 11 is 0. The van der Waals surface area contributed by atoms with E-state index in [0.717, 1.165) is 5.75 Å². The molecule has 0 aliphatic carbocycles. The number of benzene rings is 3. The fourth-order valence-electron chi connectivity index (χ4n) is 3.50. The molecule has 4 rings (SSSR count). The van der Waals surface area contributed by atoms with Gasteiger partial charge in [0.1, 0.15) is 17.2 Å². The lowest BCUT2D eigenvalue weighted by Gasteiger charge is -2.34. The number of hydrogen-bond acceptors (Lipinski definition) is 5. The van der Waals surface area contributed by atoms with Gasteiger partial charge in [-0.2, -0.15) is 4.31 Å². The maximum Gasteiger partial charge on any atom is 0.253 e. The molecule has 0 spiro atoms. The Morgan fingerprint density at radius 3 is 1.91 bits per heavy atom. The van der Waals surface area contributed by atoms with Gasteiger partial charge in [0, 0.05) is 31.7 Å². The summed E-state index contributed by atoms with van der Waals surface area (Å²) in [5.41, 5.74) is 0.539. The van der Waals surface area contributed by atoms with Crippen LogP contribution in [0.25, 0.3) is 0 Å². The van der Waals surface area contributed by atoms with Crippen LogP contribution >= 0.6 is 0 Å². The molecule has 1 heterocycles. The van der Waals surface area contributed by atoms with Crippen LogP contribution in [0.5, 0.6) is 17.2 Å². The molecule has 166 valence electrons. The summed E-state index contributed by atoms with van der Waals surface area (Å²) in [5.74, 6) is 1.83. The lowest BCUT2D eigenvalue weighted by Crippen LogP contribution is -2.50. The normalized spacial score (nSPS) is 14.7. The summed E-state index contributed by atoms with van der Waals surface area (Å²) in [4.78, 5) is 14.8. The Morgan fingerprint density at radius 1 is 0.750 bits per heavy atom. The second-order valence-corrected chi connectivity index (χ2v) is 9.25. The molecular formula is C24H24N2O5S. The first-order valence-corrected chi connectivity index (χ1v) is 11.7. The van der Waals surface area contributed by atoms with E-state index in [0.29, 0.717) is 30.2 Å². The first kappa shape index (κ1) is 21.9. The van der Waals surface area contributed by atoms with Gasteiger partial charge in [0.05, 0.1) is 12.0 Å². The van der Waals surface area contributed by atoms with Crippen LogP contribution in [-0.2, 0) is 10.0 Å². The summed E-state index contributed by atoms with van der Waals surface area (Å²) < 4.78 is 38.0. The van der Waals surface area contributed by atoms with Crippen molar-refractivity contribution in [1.29, 1.82) is 0 Å². The van der Waals surface area contributed by atoms with Crippen molar-refractivity contribution in [3.05, 3.63) is 84.4 Å². The van der Waals surface area contributed by atoms with E-state index in [-0.39, 0.29) is 23.9 Å². The predicted octanol–water partition coefficient (Wildman–Crippen LogP) is 3.63. The van der Waals surface area contributed by atoms with E-state index in [4.69, 9.17) is 9.47 Å². The van der Waals surface area contributed by atoms with E-state index < -0.39 is 10.0 Å². The quantitative estimate of drug-likeness (QED) is 0.571. The molecule has 0 aromatic heterocycles. The van der Waals surface area contributed by atoms with Gasteiger partial charge in [0.25, 0.3) is 5.91 Å². The highest BCUT2D eigenvalue weighted by atomic mass is 32.2.